The number of hydrogen-bond acceptors (Lipinski definition) is 4. The van der Waals surface area contributed by atoms with Crippen molar-refractivity contribution < 1.29 is 9.90 Å². The maximum absolute atomic E-state index is 12.5. The minimum atomic E-state index is -0.742. The van der Waals surface area contributed by atoms with Crippen molar-refractivity contribution in [1.29, 1.82) is 0 Å². The number of carbonyl (C=O) groups is 1. The molecule has 0 aromatic carbocycles. The van der Waals surface area contributed by atoms with E-state index in [1.165, 1.54) is 0 Å². The Balaban J connectivity index is 1.72. The van der Waals surface area contributed by atoms with E-state index < -0.39 is 5.60 Å². The Morgan fingerprint density at radius 1 is 1.62 bits per heavy atom. The molecule has 116 valence electrons. The van der Waals surface area contributed by atoms with E-state index in [0.717, 1.165) is 30.7 Å². The van der Waals surface area contributed by atoms with Gasteiger partial charge in [0.15, 0.2) is 0 Å². The van der Waals surface area contributed by atoms with Crippen molar-refractivity contribution in [3.63, 3.8) is 0 Å². The predicted molar refractivity (Wildman–Crippen MR) is 83.8 cm³/mol. The fourth-order valence-electron chi connectivity index (χ4n) is 2.80. The molecular formula is C15H23N3O2S. The lowest BCUT2D eigenvalue weighted by atomic mass is 10.0. The topological polar surface area (TPSA) is 67.2 Å². The largest absolute Gasteiger partial charge is 0.387 e. The van der Waals surface area contributed by atoms with Crippen molar-refractivity contribution in [2.45, 2.75) is 50.7 Å². The molecule has 2 N–H and O–H groups in total. The number of rotatable bonds is 5. The van der Waals surface area contributed by atoms with Gasteiger partial charge in [-0.05, 0) is 38.9 Å². The highest BCUT2D eigenvalue weighted by Crippen LogP contribution is 2.42. The Kier molecular flexibility index (Phi) is 4.01. The molecule has 1 aromatic rings. The Hall–Kier alpha value is -1.01. The van der Waals surface area contributed by atoms with E-state index in [1.807, 2.05) is 4.68 Å². The fraction of sp³-hybridized carbons (Fsp3) is 0.733. The van der Waals surface area contributed by atoms with Gasteiger partial charge in [-0.15, -0.1) is 0 Å². The molecule has 1 saturated carbocycles. The monoisotopic (exact) mass is 309 g/mol. The van der Waals surface area contributed by atoms with E-state index in [4.69, 9.17) is 0 Å². The molecule has 1 aliphatic carbocycles. The maximum atomic E-state index is 12.5. The van der Waals surface area contributed by atoms with E-state index >= 15 is 0 Å². The first kappa shape index (κ1) is 14.9. The van der Waals surface area contributed by atoms with Gasteiger partial charge in [-0.2, -0.15) is 16.9 Å². The smallest absolute Gasteiger partial charge is 0.254 e. The highest BCUT2D eigenvalue weighted by molar-refractivity contribution is 7.99. The van der Waals surface area contributed by atoms with Gasteiger partial charge in [-0.3, -0.25) is 9.48 Å². The molecule has 1 atom stereocenters. The van der Waals surface area contributed by atoms with Crippen molar-refractivity contribution in [2.24, 2.45) is 0 Å². The average molecular weight is 309 g/mol. The van der Waals surface area contributed by atoms with Crippen LogP contribution in [0.25, 0.3) is 0 Å². The van der Waals surface area contributed by atoms with Crippen LogP contribution in [0.3, 0.4) is 0 Å². The standard InChI is InChI=1S/C15H23N3O2S/c1-10(2)18-13(11-3-4-11)12(7-17-18)14(19)16-8-15(20)5-6-21-9-15/h7,10-11,20H,3-6,8-9H2,1-2H3,(H,16,19). The first-order valence-corrected chi connectivity index (χ1v) is 8.81. The van der Waals surface area contributed by atoms with Crippen LogP contribution in [0.1, 0.15) is 61.1 Å². The van der Waals surface area contributed by atoms with Gasteiger partial charge in [-0.1, -0.05) is 0 Å². The minimum Gasteiger partial charge on any atom is -0.387 e. The van der Waals surface area contributed by atoms with Crippen molar-refractivity contribution in [3.05, 3.63) is 17.5 Å². The van der Waals surface area contributed by atoms with Gasteiger partial charge in [-0.25, -0.2) is 0 Å². The second-order valence-corrected chi connectivity index (χ2v) is 7.57. The number of nitrogens with one attached hydrogen (secondary N) is 1. The fourth-order valence-corrected chi connectivity index (χ4v) is 4.09. The summed E-state index contributed by atoms with van der Waals surface area (Å²) in [7, 11) is 0. The molecule has 2 aliphatic rings. The van der Waals surface area contributed by atoms with Crippen LogP contribution in [-0.2, 0) is 0 Å². The molecule has 6 heteroatoms. The van der Waals surface area contributed by atoms with Crippen molar-refractivity contribution in [3.8, 4) is 0 Å². The van der Waals surface area contributed by atoms with E-state index in [0.29, 0.717) is 23.8 Å². The lowest BCUT2D eigenvalue weighted by Crippen LogP contribution is -2.43. The molecule has 2 heterocycles. The molecule has 3 rings (SSSR count). The summed E-state index contributed by atoms with van der Waals surface area (Å²) in [5.41, 5.74) is 1.00. The van der Waals surface area contributed by atoms with Crippen LogP contribution in [0, 0.1) is 0 Å². The average Bonchev–Trinajstić information content (AvgIpc) is 3.03. The van der Waals surface area contributed by atoms with Gasteiger partial charge in [0, 0.05) is 24.3 Å². The Bertz CT molecular complexity index is 531. The van der Waals surface area contributed by atoms with Crippen molar-refractivity contribution >= 4 is 17.7 Å². The number of hydrogen-bond donors (Lipinski definition) is 2. The summed E-state index contributed by atoms with van der Waals surface area (Å²) in [5, 5.41) is 17.6. The third kappa shape index (κ3) is 3.11. The Labute approximate surface area is 129 Å². The van der Waals surface area contributed by atoms with E-state index in [2.05, 4.69) is 24.3 Å². The van der Waals surface area contributed by atoms with Crippen LogP contribution in [0.2, 0.25) is 0 Å². The molecule has 1 unspecified atom stereocenters. The molecule has 21 heavy (non-hydrogen) atoms. The first-order chi connectivity index (χ1) is 10.0. The molecule has 5 nitrogen and oxygen atoms in total. The second kappa shape index (κ2) is 5.65. The molecule has 0 radical (unpaired) electrons. The van der Waals surface area contributed by atoms with Gasteiger partial charge in [0.25, 0.3) is 5.91 Å². The normalized spacial score (nSPS) is 25.5. The van der Waals surface area contributed by atoms with Crippen LogP contribution in [0.4, 0.5) is 0 Å². The number of thioether (sulfide) groups is 1. The van der Waals surface area contributed by atoms with Crippen LogP contribution < -0.4 is 5.32 Å². The zero-order chi connectivity index (χ0) is 15.0. The first-order valence-electron chi connectivity index (χ1n) is 7.66. The molecule has 1 amide bonds. The molecule has 2 fully saturated rings. The Morgan fingerprint density at radius 2 is 2.38 bits per heavy atom. The molecule has 1 aliphatic heterocycles. The lowest BCUT2D eigenvalue weighted by Gasteiger charge is -2.21. The summed E-state index contributed by atoms with van der Waals surface area (Å²) in [6.45, 7) is 4.49. The summed E-state index contributed by atoms with van der Waals surface area (Å²) >= 11 is 1.74. The summed E-state index contributed by atoms with van der Waals surface area (Å²) in [5.74, 6) is 2.04. The minimum absolute atomic E-state index is 0.103. The quantitative estimate of drug-likeness (QED) is 0.872. The van der Waals surface area contributed by atoms with Gasteiger partial charge in [0.1, 0.15) is 0 Å². The number of carbonyl (C=O) groups excluding carboxylic acids is 1. The molecule has 1 saturated heterocycles. The van der Waals surface area contributed by atoms with Gasteiger partial charge < -0.3 is 10.4 Å². The number of aromatic nitrogens is 2. The van der Waals surface area contributed by atoms with Crippen LogP contribution in [0.15, 0.2) is 6.20 Å². The van der Waals surface area contributed by atoms with E-state index in [1.54, 1.807) is 18.0 Å². The molecule has 1 aromatic heterocycles. The highest BCUT2D eigenvalue weighted by atomic mass is 32.2. The summed E-state index contributed by atoms with van der Waals surface area (Å²) < 4.78 is 1.96. The molecular weight excluding hydrogens is 286 g/mol. The predicted octanol–water partition coefficient (Wildman–Crippen LogP) is 1.94. The third-order valence-corrected chi connectivity index (χ3v) is 5.43. The lowest BCUT2D eigenvalue weighted by molar-refractivity contribution is 0.0612. The van der Waals surface area contributed by atoms with Crippen molar-refractivity contribution in [2.75, 3.05) is 18.1 Å². The Morgan fingerprint density at radius 3 is 2.95 bits per heavy atom. The van der Waals surface area contributed by atoms with E-state index in [9.17, 15) is 9.90 Å². The van der Waals surface area contributed by atoms with E-state index in [-0.39, 0.29) is 11.9 Å². The number of nitrogens with zero attached hydrogens (tertiary/aromatic N) is 2. The third-order valence-electron chi connectivity index (χ3n) is 4.19. The van der Waals surface area contributed by atoms with Crippen LogP contribution in [0.5, 0.6) is 0 Å². The molecule has 0 spiro atoms. The van der Waals surface area contributed by atoms with Gasteiger partial charge in [0.2, 0.25) is 0 Å². The van der Waals surface area contributed by atoms with Crippen LogP contribution in [-0.4, -0.2) is 44.4 Å². The highest BCUT2D eigenvalue weighted by Gasteiger charge is 2.35. The van der Waals surface area contributed by atoms with Gasteiger partial charge in [0.05, 0.1) is 23.1 Å². The summed E-state index contributed by atoms with van der Waals surface area (Å²) in [6.07, 6.45) is 4.70. The number of aliphatic hydroxyl groups is 1. The SMILES string of the molecule is CC(C)n1ncc(C(=O)NCC2(O)CCSC2)c1C1CC1. The summed E-state index contributed by atoms with van der Waals surface area (Å²) in [4.78, 5) is 12.5. The maximum Gasteiger partial charge on any atom is 0.254 e. The molecule has 0 bridgehead atoms. The van der Waals surface area contributed by atoms with Gasteiger partial charge >= 0.3 is 0 Å². The summed E-state index contributed by atoms with van der Waals surface area (Å²) in [6, 6.07) is 0.262. The van der Waals surface area contributed by atoms with Crippen molar-refractivity contribution in [1.82, 2.24) is 15.1 Å². The zero-order valence-electron chi connectivity index (χ0n) is 12.6. The van der Waals surface area contributed by atoms with Crippen LogP contribution >= 0.6 is 11.8 Å². The second-order valence-electron chi connectivity index (χ2n) is 6.47. The number of amides is 1. The zero-order valence-corrected chi connectivity index (χ0v) is 13.4.